The Balaban J connectivity index is 1.93. The van der Waals surface area contributed by atoms with Gasteiger partial charge >= 0.3 is 0 Å². The molecule has 1 unspecified atom stereocenters. The number of aromatic nitrogens is 2. The van der Waals surface area contributed by atoms with Gasteiger partial charge in [-0.25, -0.2) is 9.97 Å². The fraction of sp³-hybridized carbons (Fsp3) is 0.455. The maximum absolute atomic E-state index is 4.48. The first-order chi connectivity index (χ1) is 7.66. The average Bonchev–Trinajstić information content (AvgIpc) is 2.84. The topological polar surface area (TPSA) is 37.8 Å². The summed E-state index contributed by atoms with van der Waals surface area (Å²) in [4.78, 5) is 10.0. The lowest BCUT2D eigenvalue weighted by molar-refractivity contribution is 0.573. The van der Waals surface area contributed by atoms with Crippen molar-refractivity contribution in [3.8, 4) is 0 Å². The van der Waals surface area contributed by atoms with E-state index in [9.17, 15) is 0 Å². The highest BCUT2D eigenvalue weighted by Crippen LogP contribution is 2.19. The zero-order chi connectivity index (χ0) is 11.5. The maximum Gasteiger partial charge on any atom is 0.110 e. The normalized spacial score (nSPS) is 12.9. The summed E-state index contributed by atoms with van der Waals surface area (Å²) in [5.41, 5.74) is 4.12. The van der Waals surface area contributed by atoms with Gasteiger partial charge in [0.25, 0.3) is 0 Å². The van der Waals surface area contributed by atoms with Crippen LogP contribution in [0.3, 0.4) is 0 Å². The number of nitrogens with one attached hydrogen (secondary N) is 1. The average molecular weight is 253 g/mol. The van der Waals surface area contributed by atoms with Crippen LogP contribution in [0.1, 0.15) is 34.2 Å². The van der Waals surface area contributed by atoms with E-state index in [1.54, 1.807) is 22.7 Å². The van der Waals surface area contributed by atoms with Crippen molar-refractivity contribution in [2.45, 2.75) is 33.4 Å². The van der Waals surface area contributed by atoms with Gasteiger partial charge in [-0.3, -0.25) is 0 Å². The van der Waals surface area contributed by atoms with Crippen LogP contribution in [-0.2, 0) is 6.54 Å². The van der Waals surface area contributed by atoms with Crippen LogP contribution in [0.4, 0.5) is 0 Å². The first-order valence-electron chi connectivity index (χ1n) is 5.21. The molecule has 0 fully saturated rings. The van der Waals surface area contributed by atoms with Crippen molar-refractivity contribution < 1.29 is 0 Å². The summed E-state index contributed by atoms with van der Waals surface area (Å²) in [6, 6.07) is 0.306. The SMILES string of the molecule is Cc1csc(C(C)NCc2scnc2C)n1. The van der Waals surface area contributed by atoms with Gasteiger partial charge in [-0.1, -0.05) is 0 Å². The largest absolute Gasteiger partial charge is 0.303 e. The van der Waals surface area contributed by atoms with E-state index in [1.807, 2.05) is 19.4 Å². The van der Waals surface area contributed by atoms with E-state index in [1.165, 1.54) is 4.88 Å². The lowest BCUT2D eigenvalue weighted by Gasteiger charge is -2.10. The van der Waals surface area contributed by atoms with Gasteiger partial charge < -0.3 is 5.32 Å². The van der Waals surface area contributed by atoms with Gasteiger partial charge in [-0.05, 0) is 20.8 Å². The van der Waals surface area contributed by atoms with Crippen LogP contribution in [0.25, 0.3) is 0 Å². The Labute approximate surface area is 104 Å². The molecule has 3 nitrogen and oxygen atoms in total. The molecular formula is C11H15N3S2. The Hall–Kier alpha value is -0.780. The van der Waals surface area contributed by atoms with E-state index in [2.05, 4.69) is 27.6 Å². The molecule has 1 atom stereocenters. The van der Waals surface area contributed by atoms with Gasteiger partial charge in [-0.2, -0.15) is 0 Å². The lowest BCUT2D eigenvalue weighted by Crippen LogP contribution is -2.17. The molecule has 0 aliphatic rings. The van der Waals surface area contributed by atoms with Crippen LogP contribution >= 0.6 is 22.7 Å². The number of aryl methyl sites for hydroxylation is 2. The zero-order valence-electron chi connectivity index (χ0n) is 9.65. The second-order valence-electron chi connectivity index (χ2n) is 3.79. The molecule has 2 heterocycles. The monoisotopic (exact) mass is 253 g/mol. The minimum absolute atomic E-state index is 0.306. The van der Waals surface area contributed by atoms with E-state index in [0.29, 0.717) is 6.04 Å². The van der Waals surface area contributed by atoms with Gasteiger partial charge in [-0.15, -0.1) is 22.7 Å². The molecule has 0 spiro atoms. The fourth-order valence-electron chi connectivity index (χ4n) is 1.40. The molecule has 1 N–H and O–H groups in total. The predicted molar refractivity (Wildman–Crippen MR) is 69.0 cm³/mol. The molecule has 2 rings (SSSR count). The molecule has 0 radical (unpaired) electrons. The summed E-state index contributed by atoms with van der Waals surface area (Å²) in [5, 5.41) is 6.72. The van der Waals surface area contributed by atoms with Crippen LogP contribution in [0, 0.1) is 13.8 Å². The molecule has 0 amide bonds. The number of hydrogen-bond donors (Lipinski definition) is 1. The summed E-state index contributed by atoms with van der Waals surface area (Å²) < 4.78 is 0. The standard InChI is InChI=1S/C11H15N3S2/c1-7-5-15-11(14-7)9(3)12-4-10-8(2)13-6-16-10/h5-6,9,12H,4H2,1-3H3. The fourth-order valence-corrected chi connectivity index (χ4v) is 2.96. The van der Waals surface area contributed by atoms with E-state index < -0.39 is 0 Å². The molecular weight excluding hydrogens is 238 g/mol. The molecule has 0 saturated carbocycles. The number of thiazole rings is 2. The quantitative estimate of drug-likeness (QED) is 0.910. The molecule has 0 aliphatic heterocycles. The summed E-state index contributed by atoms with van der Waals surface area (Å²) >= 11 is 3.41. The highest BCUT2D eigenvalue weighted by atomic mass is 32.1. The second-order valence-corrected chi connectivity index (χ2v) is 5.62. The zero-order valence-corrected chi connectivity index (χ0v) is 11.3. The summed E-state index contributed by atoms with van der Waals surface area (Å²) in [5.74, 6) is 0. The van der Waals surface area contributed by atoms with Crippen LogP contribution in [0.2, 0.25) is 0 Å². The Morgan fingerprint density at radius 1 is 1.38 bits per heavy atom. The number of nitrogens with zero attached hydrogens (tertiary/aromatic N) is 2. The Bertz CT molecular complexity index is 461. The van der Waals surface area contributed by atoms with Crippen LogP contribution in [0.15, 0.2) is 10.9 Å². The highest BCUT2D eigenvalue weighted by molar-refractivity contribution is 7.10. The third-order valence-corrected chi connectivity index (χ3v) is 4.50. The lowest BCUT2D eigenvalue weighted by atomic mass is 10.3. The summed E-state index contributed by atoms with van der Waals surface area (Å²) in [6.45, 7) is 7.09. The van der Waals surface area contributed by atoms with Crippen molar-refractivity contribution >= 4 is 22.7 Å². The smallest absolute Gasteiger partial charge is 0.110 e. The van der Waals surface area contributed by atoms with Gasteiger partial charge in [0.05, 0.1) is 17.2 Å². The molecule has 2 aromatic rings. The van der Waals surface area contributed by atoms with Gasteiger partial charge in [0, 0.05) is 22.5 Å². The summed E-state index contributed by atoms with van der Waals surface area (Å²) in [7, 11) is 0. The predicted octanol–water partition coefficient (Wildman–Crippen LogP) is 3.07. The van der Waals surface area contributed by atoms with Crippen LogP contribution in [0.5, 0.6) is 0 Å². The van der Waals surface area contributed by atoms with Gasteiger partial charge in [0.1, 0.15) is 5.01 Å². The van der Waals surface area contributed by atoms with Crippen molar-refractivity contribution in [1.29, 1.82) is 0 Å². The van der Waals surface area contributed by atoms with E-state index in [4.69, 9.17) is 0 Å². The van der Waals surface area contributed by atoms with E-state index in [0.717, 1.165) is 22.9 Å². The van der Waals surface area contributed by atoms with Crippen molar-refractivity contribution in [2.24, 2.45) is 0 Å². The van der Waals surface area contributed by atoms with Gasteiger partial charge in [0.15, 0.2) is 0 Å². The van der Waals surface area contributed by atoms with Crippen molar-refractivity contribution in [3.63, 3.8) is 0 Å². The van der Waals surface area contributed by atoms with Crippen molar-refractivity contribution in [1.82, 2.24) is 15.3 Å². The third-order valence-electron chi connectivity index (χ3n) is 2.42. The molecule has 0 aliphatic carbocycles. The Morgan fingerprint density at radius 3 is 2.75 bits per heavy atom. The van der Waals surface area contributed by atoms with E-state index in [-0.39, 0.29) is 0 Å². The van der Waals surface area contributed by atoms with Crippen LogP contribution in [-0.4, -0.2) is 9.97 Å². The molecule has 86 valence electrons. The number of rotatable bonds is 4. The molecule has 0 saturated heterocycles. The summed E-state index contributed by atoms with van der Waals surface area (Å²) in [6.07, 6.45) is 0. The number of hydrogen-bond acceptors (Lipinski definition) is 5. The first kappa shape index (κ1) is 11.7. The molecule has 0 bridgehead atoms. The van der Waals surface area contributed by atoms with Gasteiger partial charge in [0.2, 0.25) is 0 Å². The minimum Gasteiger partial charge on any atom is -0.303 e. The second kappa shape index (κ2) is 5.03. The third kappa shape index (κ3) is 2.66. The van der Waals surface area contributed by atoms with Crippen molar-refractivity contribution in [3.05, 3.63) is 32.2 Å². The molecule has 5 heteroatoms. The van der Waals surface area contributed by atoms with E-state index >= 15 is 0 Å². The molecule has 16 heavy (non-hydrogen) atoms. The van der Waals surface area contributed by atoms with Crippen LogP contribution < -0.4 is 5.32 Å². The Kier molecular flexibility index (Phi) is 3.68. The first-order valence-corrected chi connectivity index (χ1v) is 6.97. The van der Waals surface area contributed by atoms with Crippen molar-refractivity contribution in [2.75, 3.05) is 0 Å². The Morgan fingerprint density at radius 2 is 2.19 bits per heavy atom. The molecule has 0 aromatic carbocycles. The molecule has 2 aromatic heterocycles. The highest BCUT2D eigenvalue weighted by Gasteiger charge is 2.09. The minimum atomic E-state index is 0.306. The maximum atomic E-state index is 4.48.